The number of fused-ring (bicyclic) bond motifs is 9. The predicted molar refractivity (Wildman–Crippen MR) is 140 cm³/mol. The van der Waals surface area contributed by atoms with Crippen LogP contribution in [0.5, 0.6) is 5.75 Å². The Morgan fingerprint density at radius 1 is 1.22 bits per heavy atom. The highest BCUT2D eigenvalue weighted by molar-refractivity contribution is 5.98. The van der Waals surface area contributed by atoms with Crippen molar-refractivity contribution in [3.8, 4) is 22.9 Å². The van der Waals surface area contributed by atoms with Crippen LogP contribution in [0.1, 0.15) is 71.1 Å². The summed E-state index contributed by atoms with van der Waals surface area (Å²) >= 11 is 0. The number of carbonyl (C=O) groups excluding carboxylic acids is 1. The van der Waals surface area contributed by atoms with Crippen molar-refractivity contribution in [2.45, 2.75) is 50.4 Å². The van der Waals surface area contributed by atoms with Gasteiger partial charge in [0.1, 0.15) is 28.5 Å². The smallest absolute Gasteiger partial charge is 0.387 e. The lowest BCUT2D eigenvalue weighted by atomic mass is 9.59. The van der Waals surface area contributed by atoms with E-state index in [0.717, 1.165) is 5.69 Å². The predicted octanol–water partition coefficient (Wildman–Crippen LogP) is 5.31. The quantitative estimate of drug-likeness (QED) is 0.364. The Morgan fingerprint density at radius 3 is 2.71 bits per heavy atom. The number of hydrogen-bond donors (Lipinski definition) is 1. The number of carbonyl (C=O) groups is 1. The van der Waals surface area contributed by atoms with Crippen molar-refractivity contribution in [1.29, 1.82) is 5.26 Å². The maximum Gasteiger partial charge on any atom is 0.387 e. The molecule has 41 heavy (non-hydrogen) atoms. The van der Waals surface area contributed by atoms with Gasteiger partial charge in [0.15, 0.2) is 0 Å². The fourth-order valence-electron chi connectivity index (χ4n) is 6.93. The average molecular weight is 560 g/mol. The molecular formula is C30H24F3N5O3. The Morgan fingerprint density at radius 2 is 2.00 bits per heavy atom. The van der Waals surface area contributed by atoms with Crippen molar-refractivity contribution in [2.75, 3.05) is 7.05 Å². The highest BCUT2D eigenvalue weighted by Gasteiger charge is 2.54. The lowest BCUT2D eigenvalue weighted by Crippen LogP contribution is -2.48. The van der Waals surface area contributed by atoms with Gasteiger partial charge in [-0.2, -0.15) is 14.0 Å². The maximum atomic E-state index is 15.3. The van der Waals surface area contributed by atoms with Crippen molar-refractivity contribution in [3.63, 3.8) is 0 Å². The first-order chi connectivity index (χ1) is 19.5. The number of amides is 1. The summed E-state index contributed by atoms with van der Waals surface area (Å²) in [7, 11) is 1.68. The Balaban J connectivity index is 1.33. The van der Waals surface area contributed by atoms with E-state index in [1.807, 2.05) is 4.40 Å². The first-order valence-electron chi connectivity index (χ1n) is 13.2. The van der Waals surface area contributed by atoms with Crippen molar-refractivity contribution in [2.24, 2.45) is 5.41 Å². The van der Waals surface area contributed by atoms with Crippen LogP contribution in [-0.2, 0) is 5.60 Å². The third kappa shape index (κ3) is 3.67. The minimum Gasteiger partial charge on any atom is -0.434 e. The van der Waals surface area contributed by atoms with Crippen LogP contribution in [0.4, 0.5) is 13.2 Å². The zero-order valence-electron chi connectivity index (χ0n) is 22.1. The molecule has 208 valence electrons. The zero-order valence-corrected chi connectivity index (χ0v) is 22.1. The Kier molecular flexibility index (Phi) is 5.32. The molecule has 2 unspecified atom stereocenters. The molecule has 11 heteroatoms. The van der Waals surface area contributed by atoms with Crippen LogP contribution < -0.4 is 4.74 Å². The minimum atomic E-state index is -3.06. The molecule has 3 aromatic heterocycles. The monoisotopic (exact) mass is 559 g/mol. The molecule has 0 radical (unpaired) electrons. The van der Waals surface area contributed by atoms with Crippen LogP contribution in [0, 0.1) is 22.6 Å². The Labute approximate surface area is 232 Å². The third-order valence-electron chi connectivity index (χ3n) is 8.69. The van der Waals surface area contributed by atoms with Crippen LogP contribution in [0.25, 0.3) is 16.8 Å². The van der Waals surface area contributed by atoms with Crippen LogP contribution in [-0.4, -0.2) is 43.9 Å². The van der Waals surface area contributed by atoms with E-state index in [1.54, 1.807) is 43.3 Å². The number of benzene rings is 1. The van der Waals surface area contributed by atoms with E-state index < -0.39 is 29.4 Å². The van der Waals surface area contributed by atoms with Crippen LogP contribution in [0.3, 0.4) is 0 Å². The number of imidazole rings is 1. The molecular weight excluding hydrogens is 535 g/mol. The van der Waals surface area contributed by atoms with E-state index in [0.29, 0.717) is 40.0 Å². The summed E-state index contributed by atoms with van der Waals surface area (Å²) in [5.41, 5.74) is 1.51. The molecule has 4 aromatic rings. The number of aliphatic hydroxyl groups is 1. The van der Waals surface area contributed by atoms with Crippen molar-refractivity contribution >= 4 is 11.6 Å². The maximum absolute atomic E-state index is 15.3. The molecule has 1 amide bonds. The summed E-state index contributed by atoms with van der Waals surface area (Å²) < 4.78 is 48.7. The number of rotatable bonds is 4. The van der Waals surface area contributed by atoms with E-state index in [1.165, 1.54) is 24.4 Å². The molecule has 1 aliphatic heterocycles. The van der Waals surface area contributed by atoms with E-state index in [4.69, 9.17) is 9.72 Å². The molecule has 4 heterocycles. The zero-order chi connectivity index (χ0) is 28.8. The number of nitriles is 1. The van der Waals surface area contributed by atoms with Gasteiger partial charge in [-0.25, -0.2) is 9.37 Å². The van der Waals surface area contributed by atoms with E-state index >= 15 is 4.39 Å². The number of hydrogen-bond acceptors (Lipinski definition) is 6. The molecule has 3 aliphatic rings. The number of pyridine rings is 2. The van der Waals surface area contributed by atoms with Gasteiger partial charge in [-0.3, -0.25) is 9.78 Å². The third-order valence-corrected chi connectivity index (χ3v) is 8.69. The molecule has 2 bridgehead atoms. The summed E-state index contributed by atoms with van der Waals surface area (Å²) in [6, 6.07) is 11.2. The number of nitrogens with zero attached hydrogens (tertiary/aromatic N) is 5. The van der Waals surface area contributed by atoms with Crippen LogP contribution >= 0.6 is 0 Å². The standard InChI is InChI=1S/C30H24F3N5O3/c1-29(14-34)12-30(40,13-29)26-19(31)8-16(10-35-26)15-6-7-22-36-24-20-9-18(25(24)38(22)11-15)23-17(27(39)37(20)2)4-3-5-21(23)41-28(32)33/h3-8,10-11,18,20,28,40H,9,12-13H2,1-2H3. The van der Waals surface area contributed by atoms with Gasteiger partial charge in [0, 0.05) is 60.5 Å². The van der Waals surface area contributed by atoms with E-state index in [9.17, 15) is 23.9 Å². The topological polar surface area (TPSA) is 104 Å². The number of alkyl halides is 2. The molecule has 1 fully saturated rings. The fraction of sp³-hybridized carbons (Fsp3) is 0.333. The highest BCUT2D eigenvalue weighted by Crippen LogP contribution is 2.54. The molecule has 2 atom stereocenters. The summed E-state index contributed by atoms with van der Waals surface area (Å²) in [6.45, 7) is -1.34. The van der Waals surface area contributed by atoms with Crippen molar-refractivity contribution in [3.05, 3.63) is 82.8 Å². The van der Waals surface area contributed by atoms with Gasteiger partial charge in [-0.1, -0.05) is 6.07 Å². The van der Waals surface area contributed by atoms with Gasteiger partial charge in [-0.05, 0) is 43.7 Å². The number of halogens is 3. The molecule has 0 saturated heterocycles. The minimum absolute atomic E-state index is 0.0489. The molecule has 2 aliphatic carbocycles. The lowest BCUT2D eigenvalue weighted by molar-refractivity contribution is -0.108. The molecule has 1 aromatic carbocycles. The van der Waals surface area contributed by atoms with Gasteiger partial charge in [0.05, 0.1) is 28.9 Å². The van der Waals surface area contributed by atoms with Gasteiger partial charge in [0.2, 0.25) is 0 Å². The second-order valence-electron chi connectivity index (χ2n) is 11.5. The second-order valence-corrected chi connectivity index (χ2v) is 11.5. The normalized spacial score (nSPS) is 26.4. The van der Waals surface area contributed by atoms with Crippen molar-refractivity contribution in [1.82, 2.24) is 19.3 Å². The van der Waals surface area contributed by atoms with Crippen LogP contribution in [0.2, 0.25) is 0 Å². The SMILES string of the molecule is CN1C(=O)c2cccc(OC(F)F)c2C2CC1c1nc3ccc(-c4cnc(C5(O)CC(C)(C#N)C5)c(F)c4)cn3c12. The van der Waals surface area contributed by atoms with Gasteiger partial charge >= 0.3 is 6.61 Å². The molecule has 7 rings (SSSR count). The van der Waals surface area contributed by atoms with Gasteiger partial charge < -0.3 is 19.1 Å². The van der Waals surface area contributed by atoms with E-state index in [-0.39, 0.29) is 36.2 Å². The fourth-order valence-corrected chi connectivity index (χ4v) is 6.93. The van der Waals surface area contributed by atoms with Crippen molar-refractivity contribution < 1.29 is 27.8 Å². The van der Waals surface area contributed by atoms with Gasteiger partial charge in [-0.15, -0.1) is 0 Å². The molecule has 8 nitrogen and oxygen atoms in total. The summed E-state index contributed by atoms with van der Waals surface area (Å²) in [4.78, 5) is 23.9. The highest BCUT2D eigenvalue weighted by atomic mass is 19.3. The summed E-state index contributed by atoms with van der Waals surface area (Å²) in [5.74, 6) is -1.46. The van der Waals surface area contributed by atoms with E-state index in [2.05, 4.69) is 11.1 Å². The first kappa shape index (κ1) is 25.5. The first-order valence-corrected chi connectivity index (χ1v) is 13.2. The Bertz CT molecular complexity index is 1810. The van der Waals surface area contributed by atoms with Crippen LogP contribution in [0.15, 0.2) is 48.8 Å². The number of ether oxygens (including phenoxy) is 1. The second kappa shape index (κ2) is 8.54. The summed E-state index contributed by atoms with van der Waals surface area (Å²) in [6.07, 6.45) is 3.93. The molecule has 0 spiro atoms. The largest absolute Gasteiger partial charge is 0.434 e. The molecule has 1 saturated carbocycles. The summed E-state index contributed by atoms with van der Waals surface area (Å²) in [5, 5.41) is 20.2. The number of aromatic nitrogens is 3. The average Bonchev–Trinajstić information content (AvgIpc) is 3.44. The van der Waals surface area contributed by atoms with Gasteiger partial charge in [0.25, 0.3) is 5.91 Å². The molecule has 1 N–H and O–H groups in total. The lowest BCUT2D eigenvalue weighted by Gasteiger charge is -2.46. The Hall–Kier alpha value is -4.43.